The molecule has 0 spiro atoms. The smallest absolute Gasteiger partial charge is 0.311 e. The number of urea groups is 1. The van der Waals surface area contributed by atoms with Crippen molar-refractivity contribution in [2.24, 2.45) is 7.05 Å². The van der Waals surface area contributed by atoms with Crippen LogP contribution < -0.4 is 16.2 Å². The van der Waals surface area contributed by atoms with Crippen molar-refractivity contribution in [3.63, 3.8) is 0 Å². The molecule has 33 heavy (non-hydrogen) atoms. The highest BCUT2D eigenvalue weighted by Gasteiger charge is 2.16. The predicted octanol–water partition coefficient (Wildman–Crippen LogP) is 4.49. The Morgan fingerprint density at radius 2 is 1.64 bits per heavy atom. The third kappa shape index (κ3) is 4.52. The van der Waals surface area contributed by atoms with Gasteiger partial charge in [0, 0.05) is 41.1 Å². The van der Waals surface area contributed by atoms with E-state index in [1.54, 1.807) is 54.2 Å². The number of imide groups is 1. The van der Waals surface area contributed by atoms with Crippen LogP contribution >= 0.6 is 0 Å². The van der Waals surface area contributed by atoms with Gasteiger partial charge in [-0.05, 0) is 68.3 Å². The van der Waals surface area contributed by atoms with Crippen LogP contribution in [0.4, 0.5) is 10.5 Å². The van der Waals surface area contributed by atoms with Gasteiger partial charge in [-0.3, -0.25) is 19.9 Å². The molecule has 0 aliphatic heterocycles. The molecule has 166 valence electrons. The zero-order valence-electron chi connectivity index (χ0n) is 18.9. The second kappa shape index (κ2) is 8.70. The molecule has 4 rings (SSSR count). The van der Waals surface area contributed by atoms with Crippen LogP contribution in [0.2, 0.25) is 0 Å². The Bertz CT molecular complexity index is 1450. The summed E-state index contributed by atoms with van der Waals surface area (Å²) in [6.07, 6.45) is 1.73. The van der Waals surface area contributed by atoms with Gasteiger partial charge >= 0.3 is 6.03 Å². The molecule has 7 nitrogen and oxygen atoms in total. The largest absolute Gasteiger partial charge is 0.326 e. The van der Waals surface area contributed by atoms with Gasteiger partial charge in [0.1, 0.15) is 0 Å². The lowest BCUT2D eigenvalue weighted by Crippen LogP contribution is -2.34. The van der Waals surface area contributed by atoms with Crippen LogP contribution in [0.1, 0.15) is 27.2 Å². The minimum Gasteiger partial charge on any atom is -0.311 e. The van der Waals surface area contributed by atoms with Gasteiger partial charge in [0.2, 0.25) is 0 Å². The lowest BCUT2D eigenvalue weighted by molar-refractivity contribution is 0.0967. The van der Waals surface area contributed by atoms with Gasteiger partial charge in [-0.15, -0.1) is 0 Å². The summed E-state index contributed by atoms with van der Waals surface area (Å²) in [6, 6.07) is 15.3. The number of aromatic nitrogens is 2. The number of hydrogen-bond acceptors (Lipinski definition) is 4. The van der Waals surface area contributed by atoms with E-state index >= 15 is 0 Å². The number of anilines is 1. The van der Waals surface area contributed by atoms with Gasteiger partial charge in [0.25, 0.3) is 11.5 Å². The molecule has 2 aromatic carbocycles. The number of pyridine rings is 2. The Morgan fingerprint density at radius 3 is 2.36 bits per heavy atom. The molecule has 0 fully saturated rings. The van der Waals surface area contributed by atoms with Crippen molar-refractivity contribution < 1.29 is 9.59 Å². The van der Waals surface area contributed by atoms with Crippen molar-refractivity contribution in [3.05, 3.63) is 93.5 Å². The Morgan fingerprint density at radius 1 is 0.909 bits per heavy atom. The van der Waals surface area contributed by atoms with E-state index in [1.165, 1.54) is 0 Å². The van der Waals surface area contributed by atoms with Gasteiger partial charge in [-0.2, -0.15) is 0 Å². The Balaban J connectivity index is 1.64. The number of rotatable bonds is 3. The van der Waals surface area contributed by atoms with Crippen LogP contribution in [0.3, 0.4) is 0 Å². The molecular weight excluding hydrogens is 416 g/mol. The average Bonchev–Trinajstić information content (AvgIpc) is 2.78. The highest BCUT2D eigenvalue weighted by molar-refractivity contribution is 6.08. The number of benzene rings is 2. The number of aryl methyl sites for hydroxylation is 4. The lowest BCUT2D eigenvalue weighted by atomic mass is 9.97. The van der Waals surface area contributed by atoms with Gasteiger partial charge < -0.3 is 9.88 Å². The first kappa shape index (κ1) is 22.0. The summed E-state index contributed by atoms with van der Waals surface area (Å²) in [5.41, 5.74) is 5.29. The quantitative estimate of drug-likeness (QED) is 0.491. The molecule has 3 amide bonds. The minimum absolute atomic E-state index is 0.175. The Kier molecular flexibility index (Phi) is 5.79. The zero-order chi connectivity index (χ0) is 23.7. The number of nitrogens with zero attached hydrogens (tertiary/aromatic N) is 2. The minimum atomic E-state index is -0.631. The first-order valence-electron chi connectivity index (χ1n) is 10.5. The Hall–Kier alpha value is -4.26. The van der Waals surface area contributed by atoms with Crippen molar-refractivity contribution in [1.29, 1.82) is 0 Å². The number of fused-ring (bicyclic) bond motifs is 1. The summed E-state index contributed by atoms with van der Waals surface area (Å²) in [6.45, 7) is 5.69. The van der Waals surface area contributed by atoms with Crippen LogP contribution in [0.5, 0.6) is 0 Å². The molecule has 0 atom stereocenters. The number of nitrogens with one attached hydrogen (secondary N) is 2. The number of hydrogen-bond donors (Lipinski definition) is 2. The maximum atomic E-state index is 13.1. The van der Waals surface area contributed by atoms with Crippen LogP contribution in [-0.4, -0.2) is 21.5 Å². The molecule has 0 aliphatic rings. The first-order chi connectivity index (χ1) is 15.7. The van der Waals surface area contributed by atoms with E-state index in [4.69, 9.17) is 0 Å². The van der Waals surface area contributed by atoms with Gasteiger partial charge in [0.05, 0.1) is 5.52 Å². The van der Waals surface area contributed by atoms with Crippen LogP contribution in [0.15, 0.2) is 65.6 Å². The molecule has 2 heterocycles. The van der Waals surface area contributed by atoms with Gasteiger partial charge in [-0.1, -0.05) is 23.8 Å². The second-order valence-corrected chi connectivity index (χ2v) is 8.11. The van der Waals surface area contributed by atoms with E-state index in [9.17, 15) is 14.4 Å². The predicted molar refractivity (Wildman–Crippen MR) is 130 cm³/mol. The average molecular weight is 441 g/mol. The molecule has 0 unspecified atom stereocenters. The zero-order valence-corrected chi connectivity index (χ0v) is 18.9. The lowest BCUT2D eigenvalue weighted by Gasteiger charge is -2.13. The maximum absolute atomic E-state index is 13.1. The summed E-state index contributed by atoms with van der Waals surface area (Å²) >= 11 is 0. The SMILES string of the molecule is Cc1ccc(NC(=O)NC(=O)c2ccc(C)c(-c3cc4cnc(C)cc4n(C)c3=O)c2)cc1. The van der Waals surface area contributed by atoms with E-state index in [1.807, 2.05) is 39.0 Å². The fraction of sp³-hybridized carbons (Fsp3) is 0.154. The van der Waals surface area contributed by atoms with E-state index in [0.29, 0.717) is 16.8 Å². The topological polar surface area (TPSA) is 93.1 Å². The van der Waals surface area contributed by atoms with Crippen LogP contribution in [0.25, 0.3) is 22.0 Å². The molecule has 0 aliphatic carbocycles. The van der Waals surface area contributed by atoms with Crippen LogP contribution in [0, 0.1) is 20.8 Å². The fourth-order valence-corrected chi connectivity index (χ4v) is 3.69. The second-order valence-electron chi connectivity index (χ2n) is 8.11. The van der Waals surface area contributed by atoms with E-state index < -0.39 is 11.9 Å². The summed E-state index contributed by atoms with van der Waals surface area (Å²) in [5, 5.41) is 5.80. The maximum Gasteiger partial charge on any atom is 0.326 e. The van der Waals surface area contributed by atoms with Crippen LogP contribution in [-0.2, 0) is 7.05 Å². The summed E-state index contributed by atoms with van der Waals surface area (Å²) in [4.78, 5) is 42.4. The molecule has 0 radical (unpaired) electrons. The summed E-state index contributed by atoms with van der Waals surface area (Å²) < 4.78 is 1.58. The van der Waals surface area contributed by atoms with Gasteiger partial charge in [0.15, 0.2) is 0 Å². The molecule has 0 saturated carbocycles. The molecule has 2 N–H and O–H groups in total. The van der Waals surface area contributed by atoms with Crippen molar-refractivity contribution in [1.82, 2.24) is 14.9 Å². The Labute approximate surface area is 191 Å². The normalized spacial score (nSPS) is 10.8. The van der Waals surface area contributed by atoms with Crippen molar-refractivity contribution in [3.8, 4) is 11.1 Å². The first-order valence-corrected chi connectivity index (χ1v) is 10.5. The number of carbonyl (C=O) groups is 2. The highest BCUT2D eigenvalue weighted by atomic mass is 16.2. The molecular formula is C26H24N4O3. The van der Waals surface area contributed by atoms with E-state index in [2.05, 4.69) is 15.6 Å². The van der Waals surface area contributed by atoms with Gasteiger partial charge in [-0.25, -0.2) is 4.79 Å². The monoisotopic (exact) mass is 440 g/mol. The summed E-state index contributed by atoms with van der Waals surface area (Å²) in [7, 11) is 1.72. The molecule has 2 aromatic heterocycles. The number of amides is 3. The molecule has 0 saturated heterocycles. The summed E-state index contributed by atoms with van der Waals surface area (Å²) in [5.74, 6) is -0.559. The van der Waals surface area contributed by atoms with Crippen molar-refractivity contribution in [2.75, 3.05) is 5.32 Å². The highest BCUT2D eigenvalue weighted by Crippen LogP contribution is 2.25. The third-order valence-corrected chi connectivity index (χ3v) is 5.57. The fourth-order valence-electron chi connectivity index (χ4n) is 3.69. The molecule has 0 bridgehead atoms. The molecule has 4 aromatic rings. The van der Waals surface area contributed by atoms with E-state index in [-0.39, 0.29) is 11.1 Å². The third-order valence-electron chi connectivity index (χ3n) is 5.57. The van der Waals surface area contributed by atoms with E-state index in [0.717, 1.165) is 27.7 Å². The van der Waals surface area contributed by atoms with Crippen molar-refractivity contribution >= 4 is 28.5 Å². The number of carbonyl (C=O) groups excluding carboxylic acids is 2. The standard InChI is InChI=1S/C26H24N4O3/c1-15-5-9-20(10-6-15)28-26(33)29-24(31)18-8-7-16(2)21(12-18)22-13-19-14-27-17(3)11-23(19)30(4)25(22)32/h5-14H,1-4H3,(H2,28,29,31,33). The molecule has 7 heteroatoms. The van der Waals surface area contributed by atoms with Crippen molar-refractivity contribution in [2.45, 2.75) is 20.8 Å².